The Hall–Kier alpha value is -1.67. The number of hydrogen-bond donors (Lipinski definition) is 0. The topological polar surface area (TPSA) is 63.4 Å². The summed E-state index contributed by atoms with van der Waals surface area (Å²) in [6.45, 7) is 12.7. The smallest absolute Gasteiger partial charge is 0.233 e. The highest BCUT2D eigenvalue weighted by molar-refractivity contribution is 7.99. The van der Waals surface area contributed by atoms with Crippen molar-refractivity contribution < 1.29 is 4.79 Å². The lowest BCUT2D eigenvalue weighted by molar-refractivity contribution is -0.131. The quantitative estimate of drug-likeness (QED) is 0.512. The lowest BCUT2D eigenvalue weighted by Crippen LogP contribution is -2.43. The number of nitrogens with zero attached hydrogens (tertiary/aromatic N) is 5. The fraction of sp³-hybridized carbons (Fsp3) is 0.636. The maximum Gasteiger partial charge on any atom is 0.233 e. The number of hydrogen-bond acceptors (Lipinski definition) is 6. The summed E-state index contributed by atoms with van der Waals surface area (Å²) in [5, 5.41) is 11.0. The molecule has 3 aromatic rings. The van der Waals surface area contributed by atoms with Crippen molar-refractivity contribution in [2.75, 3.05) is 5.75 Å². The number of fused-ring (bicyclic) bond motifs is 5. The van der Waals surface area contributed by atoms with Gasteiger partial charge in [0.15, 0.2) is 10.8 Å². The predicted octanol–water partition coefficient (Wildman–Crippen LogP) is 4.76. The van der Waals surface area contributed by atoms with E-state index in [1.807, 2.05) is 16.2 Å². The van der Waals surface area contributed by atoms with Crippen molar-refractivity contribution in [2.45, 2.75) is 84.5 Å². The molecule has 4 rings (SSSR count). The van der Waals surface area contributed by atoms with Gasteiger partial charge in [-0.1, -0.05) is 25.6 Å². The summed E-state index contributed by atoms with van der Waals surface area (Å²) in [5.74, 6) is 2.19. The Bertz CT molecular complexity index is 1080. The highest BCUT2D eigenvalue weighted by atomic mass is 32.2. The SMILES string of the molecule is CCc1nc2sc3c(c2c2nnc(SCC(=O)N(C(C)C)C(C)C)n12)CC[C@H](C)C3. The third kappa shape index (κ3) is 3.73. The molecule has 0 saturated heterocycles. The molecule has 0 aliphatic heterocycles. The van der Waals surface area contributed by atoms with Crippen LogP contribution in [0.15, 0.2) is 5.16 Å². The van der Waals surface area contributed by atoms with Gasteiger partial charge in [0.25, 0.3) is 0 Å². The summed E-state index contributed by atoms with van der Waals surface area (Å²) in [5.41, 5.74) is 2.32. The molecule has 1 aliphatic carbocycles. The molecule has 1 atom stereocenters. The van der Waals surface area contributed by atoms with Crippen LogP contribution in [0, 0.1) is 5.92 Å². The van der Waals surface area contributed by atoms with Gasteiger partial charge in [0.1, 0.15) is 10.7 Å². The van der Waals surface area contributed by atoms with E-state index in [-0.39, 0.29) is 18.0 Å². The van der Waals surface area contributed by atoms with E-state index in [4.69, 9.17) is 4.98 Å². The monoisotopic (exact) mass is 445 g/mol. The Labute approximate surface area is 186 Å². The average molecular weight is 446 g/mol. The van der Waals surface area contributed by atoms with Crippen molar-refractivity contribution >= 4 is 44.9 Å². The zero-order chi connectivity index (χ0) is 21.6. The summed E-state index contributed by atoms with van der Waals surface area (Å²) in [4.78, 5) is 22.3. The molecule has 0 unspecified atom stereocenters. The first-order chi connectivity index (χ1) is 14.3. The first kappa shape index (κ1) is 21.6. The number of amides is 1. The number of aromatic nitrogens is 4. The summed E-state index contributed by atoms with van der Waals surface area (Å²) in [6.07, 6.45) is 4.24. The van der Waals surface area contributed by atoms with E-state index in [9.17, 15) is 4.79 Å². The first-order valence-corrected chi connectivity index (χ1v) is 12.7. The summed E-state index contributed by atoms with van der Waals surface area (Å²) in [7, 11) is 0. The molecule has 8 heteroatoms. The Morgan fingerprint density at radius 2 is 2.00 bits per heavy atom. The van der Waals surface area contributed by atoms with E-state index in [0.29, 0.717) is 5.75 Å². The fourth-order valence-corrected chi connectivity index (χ4v) is 6.80. The highest BCUT2D eigenvalue weighted by Gasteiger charge is 2.26. The highest BCUT2D eigenvalue weighted by Crippen LogP contribution is 2.39. The van der Waals surface area contributed by atoms with Crippen molar-refractivity contribution in [1.29, 1.82) is 0 Å². The second-order valence-electron chi connectivity index (χ2n) is 8.83. The molecular formula is C22H31N5OS2. The lowest BCUT2D eigenvalue weighted by atomic mass is 9.89. The third-order valence-corrected chi connectivity index (χ3v) is 7.94. The summed E-state index contributed by atoms with van der Waals surface area (Å²) >= 11 is 3.29. The molecule has 30 heavy (non-hydrogen) atoms. The minimum Gasteiger partial charge on any atom is -0.337 e. The number of rotatable bonds is 6. The van der Waals surface area contributed by atoms with Crippen molar-refractivity contribution in [1.82, 2.24) is 24.5 Å². The van der Waals surface area contributed by atoms with Crippen LogP contribution in [0.25, 0.3) is 15.9 Å². The second kappa shape index (κ2) is 8.46. The Kier molecular flexibility index (Phi) is 6.08. The minimum atomic E-state index is 0.135. The van der Waals surface area contributed by atoms with Crippen LogP contribution in [0.4, 0.5) is 0 Å². The average Bonchev–Trinajstić information content (AvgIpc) is 3.25. The molecule has 162 valence electrons. The standard InChI is InChI=1S/C22H31N5OS2/c1-7-17-23-21-19(15-9-8-14(6)10-16(15)30-21)20-24-25-22(27(17)20)29-11-18(28)26(12(2)3)13(4)5/h12-14H,7-11H2,1-6H3/t14-/m0/s1. The van der Waals surface area contributed by atoms with Gasteiger partial charge in [-0.15, -0.1) is 21.5 Å². The molecular weight excluding hydrogens is 414 g/mol. The van der Waals surface area contributed by atoms with Crippen molar-refractivity contribution in [3.63, 3.8) is 0 Å². The van der Waals surface area contributed by atoms with Crippen molar-refractivity contribution in [2.24, 2.45) is 5.92 Å². The predicted molar refractivity (Wildman–Crippen MR) is 125 cm³/mol. The minimum absolute atomic E-state index is 0.135. The van der Waals surface area contributed by atoms with E-state index >= 15 is 0 Å². The van der Waals surface area contributed by atoms with Crippen LogP contribution in [0.5, 0.6) is 0 Å². The van der Waals surface area contributed by atoms with Gasteiger partial charge in [-0.25, -0.2) is 4.98 Å². The largest absolute Gasteiger partial charge is 0.337 e. The van der Waals surface area contributed by atoms with Crippen LogP contribution in [0.1, 0.15) is 64.2 Å². The van der Waals surface area contributed by atoms with Gasteiger partial charge < -0.3 is 4.90 Å². The van der Waals surface area contributed by atoms with Crippen LogP contribution in [-0.4, -0.2) is 48.2 Å². The number of carbonyl (C=O) groups is 1. The van der Waals surface area contributed by atoms with E-state index in [1.54, 1.807) is 0 Å². The Balaban J connectivity index is 1.72. The summed E-state index contributed by atoms with van der Waals surface area (Å²) in [6, 6.07) is 0.362. The Morgan fingerprint density at radius 1 is 1.27 bits per heavy atom. The molecule has 0 aromatic carbocycles. The van der Waals surface area contributed by atoms with Gasteiger partial charge in [0, 0.05) is 23.4 Å². The number of carbonyl (C=O) groups excluding carboxylic acids is 1. The molecule has 1 amide bonds. The van der Waals surface area contributed by atoms with Crippen LogP contribution in [0.2, 0.25) is 0 Å². The van der Waals surface area contributed by atoms with Crippen LogP contribution in [0.3, 0.4) is 0 Å². The lowest BCUT2D eigenvalue weighted by Gasteiger charge is -2.30. The molecule has 0 spiro atoms. The normalized spacial score (nSPS) is 16.7. The van der Waals surface area contributed by atoms with Crippen LogP contribution in [-0.2, 0) is 24.1 Å². The van der Waals surface area contributed by atoms with Crippen LogP contribution < -0.4 is 0 Å². The number of aryl methyl sites for hydroxylation is 2. The molecule has 3 heterocycles. The second-order valence-corrected chi connectivity index (χ2v) is 10.9. The van der Waals surface area contributed by atoms with Crippen LogP contribution >= 0.6 is 23.1 Å². The molecule has 0 bridgehead atoms. The van der Waals surface area contributed by atoms with E-state index < -0.39 is 0 Å². The molecule has 3 aromatic heterocycles. The zero-order valence-electron chi connectivity index (χ0n) is 18.7. The van der Waals surface area contributed by atoms with E-state index in [1.165, 1.54) is 34.0 Å². The molecule has 0 saturated carbocycles. The molecule has 0 radical (unpaired) electrons. The zero-order valence-corrected chi connectivity index (χ0v) is 20.4. The molecule has 6 nitrogen and oxygen atoms in total. The summed E-state index contributed by atoms with van der Waals surface area (Å²) < 4.78 is 2.08. The van der Waals surface area contributed by atoms with Gasteiger partial charge in [-0.3, -0.25) is 9.20 Å². The van der Waals surface area contributed by atoms with E-state index in [0.717, 1.165) is 46.6 Å². The number of thiophene rings is 1. The van der Waals surface area contributed by atoms with Gasteiger partial charge >= 0.3 is 0 Å². The van der Waals surface area contributed by atoms with Gasteiger partial charge in [0.2, 0.25) is 5.91 Å². The van der Waals surface area contributed by atoms with Gasteiger partial charge in [0.05, 0.1) is 11.1 Å². The maximum atomic E-state index is 12.8. The van der Waals surface area contributed by atoms with E-state index in [2.05, 4.69) is 56.1 Å². The number of thioether (sulfide) groups is 1. The first-order valence-electron chi connectivity index (χ1n) is 10.9. The third-order valence-electron chi connectivity index (χ3n) is 5.88. The van der Waals surface area contributed by atoms with Gasteiger partial charge in [-0.05, 0) is 58.4 Å². The molecule has 0 N–H and O–H groups in total. The maximum absolute atomic E-state index is 12.8. The van der Waals surface area contributed by atoms with Crippen molar-refractivity contribution in [3.8, 4) is 0 Å². The fourth-order valence-electron chi connectivity index (χ4n) is 4.58. The van der Waals surface area contributed by atoms with Gasteiger partial charge in [-0.2, -0.15) is 0 Å². The van der Waals surface area contributed by atoms with Crippen molar-refractivity contribution in [3.05, 3.63) is 16.3 Å². The Morgan fingerprint density at radius 3 is 2.67 bits per heavy atom. The molecule has 0 fully saturated rings. The molecule has 1 aliphatic rings.